The van der Waals surface area contributed by atoms with Crippen LogP contribution in [0.5, 0.6) is 0 Å². The zero-order valence-electron chi connectivity index (χ0n) is 6.45. The molecule has 12 heavy (non-hydrogen) atoms. The third kappa shape index (κ3) is 1.01. The van der Waals surface area contributed by atoms with E-state index in [2.05, 4.69) is 0 Å². The molecule has 0 amide bonds. The summed E-state index contributed by atoms with van der Waals surface area (Å²) < 4.78 is 0. The van der Waals surface area contributed by atoms with Crippen molar-refractivity contribution in [2.75, 3.05) is 0 Å². The summed E-state index contributed by atoms with van der Waals surface area (Å²) >= 11 is 0. The highest BCUT2D eigenvalue weighted by molar-refractivity contribution is 6.00. The van der Waals surface area contributed by atoms with Crippen LogP contribution in [0.1, 0.15) is 11.1 Å². The van der Waals surface area contributed by atoms with Gasteiger partial charge < -0.3 is 5.11 Å². The predicted octanol–water partition coefficient (Wildman–Crippen LogP) is 1.71. The van der Waals surface area contributed by atoms with Crippen LogP contribution in [-0.4, -0.2) is 10.9 Å². The topological polar surface area (TPSA) is 37.3 Å². The Balaban J connectivity index is 2.60. The number of aliphatic hydroxyl groups excluding tert-OH is 1. The van der Waals surface area contributed by atoms with Gasteiger partial charge in [-0.15, -0.1) is 0 Å². The lowest BCUT2D eigenvalue weighted by Gasteiger charge is -2.11. The molecule has 0 bridgehead atoms. The van der Waals surface area contributed by atoms with E-state index in [4.69, 9.17) is 0 Å². The number of rotatable bonds is 0. The summed E-state index contributed by atoms with van der Waals surface area (Å²) in [7, 11) is 0. The summed E-state index contributed by atoms with van der Waals surface area (Å²) in [4.78, 5) is 11.0. The van der Waals surface area contributed by atoms with Crippen molar-refractivity contribution in [3.8, 4) is 0 Å². The number of hydrogen-bond acceptors (Lipinski definition) is 2. The van der Waals surface area contributed by atoms with E-state index < -0.39 is 0 Å². The summed E-state index contributed by atoms with van der Waals surface area (Å²) in [5, 5.41) is 9.37. The maximum absolute atomic E-state index is 11.0. The minimum atomic E-state index is -0.0359. The quantitative estimate of drug-likeness (QED) is 0.627. The Morgan fingerprint density at radius 1 is 1.25 bits per heavy atom. The fourth-order valence-electron chi connectivity index (χ4n) is 1.39. The van der Waals surface area contributed by atoms with Crippen molar-refractivity contribution in [3.05, 3.63) is 41.5 Å². The van der Waals surface area contributed by atoms with Crippen LogP contribution in [0, 0.1) is 0 Å². The molecule has 1 aromatic carbocycles. The van der Waals surface area contributed by atoms with E-state index in [1.54, 1.807) is 0 Å². The van der Waals surface area contributed by atoms with Gasteiger partial charge in [0.15, 0.2) is 5.78 Å². The molecule has 0 spiro atoms. The molecule has 1 aromatic rings. The monoisotopic (exact) mass is 160 g/mol. The normalized spacial score (nSPS) is 15.3. The standard InChI is InChI=1S/C10H8O2/c11-8-5-7-3-1-2-4-9(7)10(12)6-8/h1-4,6,12H,5H2. The van der Waals surface area contributed by atoms with E-state index in [-0.39, 0.29) is 11.5 Å². The van der Waals surface area contributed by atoms with E-state index in [1.165, 1.54) is 6.08 Å². The second-order valence-corrected chi connectivity index (χ2v) is 2.83. The molecule has 0 aromatic heterocycles. The van der Waals surface area contributed by atoms with Crippen molar-refractivity contribution >= 4 is 11.5 Å². The van der Waals surface area contributed by atoms with E-state index in [0.29, 0.717) is 6.42 Å². The van der Waals surface area contributed by atoms with Gasteiger partial charge in [0.05, 0.1) is 0 Å². The minimum absolute atomic E-state index is 0.0359. The molecule has 0 aliphatic heterocycles. The van der Waals surface area contributed by atoms with Crippen LogP contribution < -0.4 is 0 Å². The van der Waals surface area contributed by atoms with Crippen LogP contribution in [0.15, 0.2) is 30.3 Å². The van der Waals surface area contributed by atoms with Gasteiger partial charge in [0.2, 0.25) is 0 Å². The largest absolute Gasteiger partial charge is 0.507 e. The average molecular weight is 160 g/mol. The van der Waals surface area contributed by atoms with Crippen molar-refractivity contribution in [3.63, 3.8) is 0 Å². The Kier molecular flexibility index (Phi) is 1.47. The van der Waals surface area contributed by atoms with Crippen LogP contribution in [0.4, 0.5) is 0 Å². The lowest BCUT2D eigenvalue weighted by atomic mass is 9.95. The predicted molar refractivity (Wildman–Crippen MR) is 45.8 cm³/mol. The first-order valence-electron chi connectivity index (χ1n) is 3.79. The van der Waals surface area contributed by atoms with E-state index in [9.17, 15) is 9.90 Å². The van der Waals surface area contributed by atoms with Crippen LogP contribution in [-0.2, 0) is 11.2 Å². The maximum Gasteiger partial charge on any atom is 0.163 e. The molecule has 2 nitrogen and oxygen atoms in total. The number of fused-ring (bicyclic) bond motifs is 1. The zero-order valence-corrected chi connectivity index (χ0v) is 6.45. The lowest BCUT2D eigenvalue weighted by Crippen LogP contribution is -2.08. The molecule has 0 saturated heterocycles. The fourth-order valence-corrected chi connectivity index (χ4v) is 1.39. The van der Waals surface area contributed by atoms with Gasteiger partial charge in [0, 0.05) is 18.1 Å². The van der Waals surface area contributed by atoms with Gasteiger partial charge in [-0.3, -0.25) is 4.79 Å². The highest BCUT2D eigenvalue weighted by Crippen LogP contribution is 2.21. The molecule has 0 heterocycles. The van der Waals surface area contributed by atoms with E-state index in [1.807, 2.05) is 24.3 Å². The third-order valence-electron chi connectivity index (χ3n) is 1.96. The van der Waals surface area contributed by atoms with Crippen LogP contribution in [0.2, 0.25) is 0 Å². The highest BCUT2D eigenvalue weighted by atomic mass is 16.3. The average Bonchev–Trinajstić information content (AvgIpc) is 2.04. The number of hydrogen-bond donors (Lipinski definition) is 1. The van der Waals surface area contributed by atoms with Crippen molar-refractivity contribution in [1.29, 1.82) is 0 Å². The summed E-state index contributed by atoms with van der Waals surface area (Å²) in [5.74, 6) is 0.0491. The van der Waals surface area contributed by atoms with E-state index in [0.717, 1.165) is 11.1 Å². The molecule has 2 rings (SSSR count). The number of ketones is 1. The van der Waals surface area contributed by atoms with Gasteiger partial charge in [0.25, 0.3) is 0 Å². The Morgan fingerprint density at radius 2 is 2.00 bits per heavy atom. The molecule has 0 atom stereocenters. The smallest absolute Gasteiger partial charge is 0.163 e. The van der Waals surface area contributed by atoms with Gasteiger partial charge in [-0.2, -0.15) is 0 Å². The van der Waals surface area contributed by atoms with Gasteiger partial charge in [-0.25, -0.2) is 0 Å². The molecular formula is C10H8O2. The second kappa shape index (κ2) is 2.48. The van der Waals surface area contributed by atoms with Crippen LogP contribution in [0.25, 0.3) is 5.76 Å². The number of benzene rings is 1. The number of carbonyl (C=O) groups excluding carboxylic acids is 1. The Morgan fingerprint density at radius 3 is 2.83 bits per heavy atom. The molecule has 0 saturated carbocycles. The molecule has 0 radical (unpaired) electrons. The van der Waals surface area contributed by atoms with Crippen molar-refractivity contribution in [2.45, 2.75) is 6.42 Å². The van der Waals surface area contributed by atoms with Crippen molar-refractivity contribution in [1.82, 2.24) is 0 Å². The van der Waals surface area contributed by atoms with Gasteiger partial charge in [-0.1, -0.05) is 24.3 Å². The molecule has 60 valence electrons. The maximum atomic E-state index is 11.0. The Hall–Kier alpha value is -1.57. The first-order chi connectivity index (χ1) is 5.77. The third-order valence-corrected chi connectivity index (χ3v) is 1.96. The first kappa shape index (κ1) is 7.10. The molecule has 1 N–H and O–H groups in total. The summed E-state index contributed by atoms with van der Waals surface area (Å²) in [6.45, 7) is 0. The fraction of sp³-hybridized carbons (Fsp3) is 0.100. The molecule has 1 aliphatic carbocycles. The van der Waals surface area contributed by atoms with Gasteiger partial charge in [0.1, 0.15) is 5.76 Å². The number of carbonyl (C=O) groups is 1. The Bertz CT molecular complexity index is 364. The number of allylic oxidation sites excluding steroid dienone is 1. The summed E-state index contributed by atoms with van der Waals surface area (Å²) in [6.07, 6.45) is 1.68. The highest BCUT2D eigenvalue weighted by Gasteiger charge is 2.15. The van der Waals surface area contributed by atoms with Gasteiger partial charge >= 0.3 is 0 Å². The summed E-state index contributed by atoms with van der Waals surface area (Å²) in [6, 6.07) is 7.38. The van der Waals surface area contributed by atoms with Gasteiger partial charge in [-0.05, 0) is 5.56 Å². The van der Waals surface area contributed by atoms with Crippen molar-refractivity contribution in [2.24, 2.45) is 0 Å². The molecule has 2 heteroatoms. The molecule has 0 unspecified atom stereocenters. The van der Waals surface area contributed by atoms with E-state index >= 15 is 0 Å². The zero-order chi connectivity index (χ0) is 8.55. The Labute approximate surface area is 70.2 Å². The van der Waals surface area contributed by atoms with Crippen molar-refractivity contribution < 1.29 is 9.90 Å². The molecule has 0 fully saturated rings. The lowest BCUT2D eigenvalue weighted by molar-refractivity contribution is -0.114. The first-order valence-corrected chi connectivity index (χ1v) is 3.79. The van der Waals surface area contributed by atoms with Crippen LogP contribution >= 0.6 is 0 Å². The molecular weight excluding hydrogens is 152 g/mol. The minimum Gasteiger partial charge on any atom is -0.507 e. The SMILES string of the molecule is O=C1C=C(O)c2ccccc2C1. The number of aliphatic hydroxyl groups is 1. The van der Waals surface area contributed by atoms with Crippen LogP contribution in [0.3, 0.4) is 0 Å². The summed E-state index contributed by atoms with van der Waals surface area (Å²) in [5.41, 5.74) is 1.68. The second-order valence-electron chi connectivity index (χ2n) is 2.83. The molecule has 1 aliphatic rings.